The van der Waals surface area contributed by atoms with E-state index in [9.17, 15) is 0 Å². The van der Waals surface area contributed by atoms with Crippen molar-refractivity contribution in [2.45, 2.75) is 19.8 Å². The van der Waals surface area contributed by atoms with Crippen LogP contribution >= 0.6 is 0 Å². The lowest BCUT2D eigenvalue weighted by atomic mass is 9.77. The molecule has 0 amide bonds. The van der Waals surface area contributed by atoms with E-state index in [1.807, 2.05) is 24.3 Å². The topological polar surface area (TPSA) is 25.8 Å². The molecule has 0 saturated carbocycles. The third-order valence-electron chi connectivity index (χ3n) is 12.0. The Balaban J connectivity index is 1.21. The molecule has 0 N–H and O–H groups in total. The molecule has 9 aromatic rings. The highest BCUT2D eigenvalue weighted by Gasteiger charge is 2.25. The van der Waals surface area contributed by atoms with Crippen molar-refractivity contribution in [3.63, 3.8) is 0 Å². The van der Waals surface area contributed by atoms with Crippen molar-refractivity contribution in [3.05, 3.63) is 242 Å². The van der Waals surface area contributed by atoms with Gasteiger partial charge in [-0.25, -0.2) is 9.97 Å². The summed E-state index contributed by atoms with van der Waals surface area (Å²) in [5, 5.41) is 3.30. The van der Waals surface area contributed by atoms with Gasteiger partial charge in [-0.05, 0) is 116 Å². The van der Waals surface area contributed by atoms with Crippen LogP contribution in [0.15, 0.2) is 231 Å². The standard InChI is InChI=1S/C61H46N2/c1-3-21-44(22-4-2)58-56(45-26-11-6-12-27-45)54(42-23-9-5-10-24-42)41-55(57(58)46-28-13-7-14-29-46)50-34-19-32-48(39-50)49-33-20-35-51(40-49)59-53-38-37-43-25-17-18-36-52(43)60(53)63-61(62-59)47-30-15-8-16-31-47/h3-4,6-9,11-41H,1,5,10H2,2H3/b22-4-,44-21+. The first-order chi connectivity index (χ1) is 31.2. The molecule has 0 radical (unpaired) electrons. The van der Waals surface area contributed by atoms with E-state index in [1.165, 1.54) is 39.0 Å². The van der Waals surface area contributed by atoms with Crippen molar-refractivity contribution in [2.75, 3.05) is 0 Å². The highest BCUT2D eigenvalue weighted by Crippen LogP contribution is 2.48. The highest BCUT2D eigenvalue weighted by atomic mass is 14.9. The minimum Gasteiger partial charge on any atom is -0.227 e. The van der Waals surface area contributed by atoms with Gasteiger partial charge in [0.25, 0.3) is 0 Å². The molecule has 300 valence electrons. The summed E-state index contributed by atoms with van der Waals surface area (Å²) in [5.74, 6) is 0.714. The third-order valence-corrected chi connectivity index (χ3v) is 12.0. The summed E-state index contributed by atoms with van der Waals surface area (Å²) >= 11 is 0. The lowest BCUT2D eigenvalue weighted by Crippen LogP contribution is -2.02. The second kappa shape index (κ2) is 17.6. The van der Waals surface area contributed by atoms with Gasteiger partial charge >= 0.3 is 0 Å². The normalized spacial score (nSPS) is 12.8. The van der Waals surface area contributed by atoms with Crippen LogP contribution < -0.4 is 0 Å². The van der Waals surface area contributed by atoms with Crippen LogP contribution in [0, 0.1) is 0 Å². The molecule has 1 aliphatic carbocycles. The largest absolute Gasteiger partial charge is 0.227 e. The predicted molar refractivity (Wildman–Crippen MR) is 269 cm³/mol. The first-order valence-corrected chi connectivity index (χ1v) is 21.8. The minimum atomic E-state index is 0.714. The Morgan fingerprint density at radius 1 is 0.524 bits per heavy atom. The van der Waals surface area contributed by atoms with Gasteiger partial charge in [-0.2, -0.15) is 0 Å². The van der Waals surface area contributed by atoms with E-state index in [2.05, 4.69) is 214 Å². The summed E-state index contributed by atoms with van der Waals surface area (Å²) in [4.78, 5) is 10.5. The van der Waals surface area contributed by atoms with Crippen LogP contribution in [0.5, 0.6) is 0 Å². The molecule has 0 atom stereocenters. The number of rotatable bonds is 10. The van der Waals surface area contributed by atoms with Crippen LogP contribution in [0.1, 0.15) is 30.9 Å². The second-order valence-corrected chi connectivity index (χ2v) is 15.9. The highest BCUT2D eigenvalue weighted by molar-refractivity contribution is 6.10. The van der Waals surface area contributed by atoms with Crippen LogP contribution in [0.4, 0.5) is 0 Å². The Morgan fingerprint density at radius 3 is 1.79 bits per heavy atom. The van der Waals surface area contributed by atoms with E-state index in [0.717, 1.165) is 79.2 Å². The average molecular weight is 807 g/mol. The number of hydrogen-bond acceptors (Lipinski definition) is 2. The summed E-state index contributed by atoms with van der Waals surface area (Å²) in [7, 11) is 0. The predicted octanol–water partition coefficient (Wildman–Crippen LogP) is 16.7. The van der Waals surface area contributed by atoms with Gasteiger partial charge in [0.15, 0.2) is 5.82 Å². The first-order valence-electron chi connectivity index (χ1n) is 21.8. The number of fused-ring (bicyclic) bond motifs is 3. The van der Waals surface area contributed by atoms with Crippen LogP contribution in [-0.4, -0.2) is 9.97 Å². The van der Waals surface area contributed by atoms with Gasteiger partial charge in [0.2, 0.25) is 0 Å². The molecule has 0 fully saturated rings. The Labute approximate surface area is 370 Å². The Hall–Kier alpha value is -7.94. The van der Waals surface area contributed by atoms with Crippen molar-refractivity contribution in [1.29, 1.82) is 0 Å². The molecule has 63 heavy (non-hydrogen) atoms. The fraction of sp³-hybridized carbons (Fsp3) is 0.0492. The van der Waals surface area contributed by atoms with Crippen LogP contribution in [-0.2, 0) is 0 Å². The van der Waals surface area contributed by atoms with Gasteiger partial charge in [0.05, 0.1) is 11.2 Å². The lowest BCUT2D eigenvalue weighted by Gasteiger charge is -2.26. The molecular formula is C61H46N2. The van der Waals surface area contributed by atoms with Gasteiger partial charge in [0, 0.05) is 21.9 Å². The zero-order valence-corrected chi connectivity index (χ0v) is 35.4. The number of aromatic nitrogens is 2. The molecular weight excluding hydrogens is 761 g/mol. The number of nitrogens with zero attached hydrogens (tertiary/aromatic N) is 2. The van der Waals surface area contributed by atoms with Crippen molar-refractivity contribution >= 4 is 32.8 Å². The molecule has 8 aromatic carbocycles. The fourth-order valence-electron chi connectivity index (χ4n) is 9.09. The summed E-state index contributed by atoms with van der Waals surface area (Å²) in [6.45, 7) is 6.28. The minimum absolute atomic E-state index is 0.714. The van der Waals surface area contributed by atoms with Gasteiger partial charge in [-0.3, -0.25) is 0 Å². The average Bonchev–Trinajstić information content (AvgIpc) is 3.36. The van der Waals surface area contributed by atoms with E-state index >= 15 is 0 Å². The van der Waals surface area contributed by atoms with Crippen molar-refractivity contribution in [2.24, 2.45) is 0 Å². The molecule has 0 saturated heterocycles. The van der Waals surface area contributed by atoms with E-state index in [1.54, 1.807) is 0 Å². The lowest BCUT2D eigenvalue weighted by molar-refractivity contribution is 1.04. The molecule has 0 spiro atoms. The zero-order chi connectivity index (χ0) is 42.5. The van der Waals surface area contributed by atoms with Crippen LogP contribution in [0.2, 0.25) is 0 Å². The number of allylic oxidation sites excluding steroid dienone is 9. The fourth-order valence-corrected chi connectivity index (χ4v) is 9.09. The van der Waals surface area contributed by atoms with Crippen molar-refractivity contribution in [3.8, 4) is 67.2 Å². The maximum absolute atomic E-state index is 5.30. The van der Waals surface area contributed by atoms with Gasteiger partial charge in [0.1, 0.15) is 0 Å². The van der Waals surface area contributed by atoms with Gasteiger partial charge < -0.3 is 0 Å². The Bertz CT molecular complexity index is 3280. The molecule has 1 heterocycles. The maximum atomic E-state index is 5.30. The second-order valence-electron chi connectivity index (χ2n) is 15.9. The molecule has 2 nitrogen and oxygen atoms in total. The SMILES string of the molecule is C=C/C=C(\C=C/C)c1c(-c2ccccc2)c(C2=CCCC=C2)cc(-c2cccc(-c3cccc(-c4nc(-c5ccccc5)nc5c4ccc4ccccc45)c3)c2)c1-c1ccccc1. The van der Waals surface area contributed by atoms with Gasteiger partial charge in [-0.1, -0.05) is 207 Å². The molecule has 2 heteroatoms. The molecule has 1 aromatic heterocycles. The number of benzene rings is 8. The zero-order valence-electron chi connectivity index (χ0n) is 35.4. The summed E-state index contributed by atoms with van der Waals surface area (Å²) in [6.07, 6.45) is 17.5. The summed E-state index contributed by atoms with van der Waals surface area (Å²) < 4.78 is 0. The molecule has 0 unspecified atom stereocenters. The van der Waals surface area contributed by atoms with Crippen LogP contribution in [0.25, 0.3) is 100.0 Å². The molecule has 0 bridgehead atoms. The summed E-state index contributed by atoms with van der Waals surface area (Å²) in [6, 6.07) is 65.1. The quantitative estimate of drug-likeness (QED) is 0.102. The molecule has 1 aliphatic rings. The van der Waals surface area contributed by atoms with Crippen molar-refractivity contribution < 1.29 is 0 Å². The first kappa shape index (κ1) is 39.2. The van der Waals surface area contributed by atoms with E-state index in [0.29, 0.717) is 5.82 Å². The monoisotopic (exact) mass is 806 g/mol. The van der Waals surface area contributed by atoms with Crippen molar-refractivity contribution in [1.82, 2.24) is 9.97 Å². The molecule has 0 aliphatic heterocycles. The van der Waals surface area contributed by atoms with E-state index < -0.39 is 0 Å². The van der Waals surface area contributed by atoms with E-state index in [-0.39, 0.29) is 0 Å². The van der Waals surface area contributed by atoms with Crippen LogP contribution in [0.3, 0.4) is 0 Å². The summed E-state index contributed by atoms with van der Waals surface area (Å²) in [5.41, 5.74) is 17.9. The smallest absolute Gasteiger partial charge is 0.160 e. The maximum Gasteiger partial charge on any atom is 0.160 e. The Morgan fingerprint density at radius 2 is 1.13 bits per heavy atom. The van der Waals surface area contributed by atoms with Gasteiger partial charge in [-0.15, -0.1) is 0 Å². The third kappa shape index (κ3) is 7.69. The van der Waals surface area contributed by atoms with E-state index in [4.69, 9.17) is 9.97 Å². The Kier molecular flexibility index (Phi) is 10.9. The molecule has 10 rings (SSSR count). The number of hydrogen-bond donors (Lipinski definition) is 0.